The number of piperazine rings is 1. The Morgan fingerprint density at radius 2 is 1.69 bits per heavy atom. The van der Waals surface area contributed by atoms with E-state index in [2.05, 4.69) is 71.4 Å². The average Bonchev–Trinajstić information content (AvgIpc) is 3.28. The van der Waals surface area contributed by atoms with E-state index in [9.17, 15) is 4.79 Å². The third kappa shape index (κ3) is 4.56. The molecule has 2 fully saturated rings. The van der Waals surface area contributed by atoms with Crippen molar-refractivity contribution in [2.24, 2.45) is 5.41 Å². The number of morpholine rings is 1. The molecule has 0 radical (unpaired) electrons. The summed E-state index contributed by atoms with van der Waals surface area (Å²) in [7, 11) is 0. The van der Waals surface area contributed by atoms with Gasteiger partial charge in [0, 0.05) is 62.5 Å². The Balaban J connectivity index is 1.43. The molecule has 0 amide bonds. The molecule has 0 atom stereocenters. The zero-order chi connectivity index (χ0) is 24.7. The highest BCUT2D eigenvalue weighted by Gasteiger charge is 2.37. The SMILES string of the molecule is CC1(C)CC(=O)c2sc(N3CCOCC3)c(-c3cccc(-c4cccc(N5CCNCC5)c4)n3)c2C1. The molecule has 4 heterocycles. The summed E-state index contributed by atoms with van der Waals surface area (Å²) in [5.74, 6) is 0.270. The van der Waals surface area contributed by atoms with Crippen LogP contribution in [-0.4, -0.2) is 63.2 Å². The quantitative estimate of drug-likeness (QED) is 0.549. The largest absolute Gasteiger partial charge is 0.378 e. The Labute approximate surface area is 217 Å². The molecule has 1 aliphatic carbocycles. The van der Waals surface area contributed by atoms with Gasteiger partial charge in [-0.2, -0.15) is 0 Å². The summed E-state index contributed by atoms with van der Waals surface area (Å²) >= 11 is 1.66. The van der Waals surface area contributed by atoms with Crippen LogP contribution < -0.4 is 15.1 Å². The van der Waals surface area contributed by atoms with Crippen LogP contribution in [0.2, 0.25) is 0 Å². The lowest BCUT2D eigenvalue weighted by atomic mass is 9.75. The monoisotopic (exact) mass is 502 g/mol. The molecule has 7 heteroatoms. The number of thiophene rings is 1. The van der Waals surface area contributed by atoms with Gasteiger partial charge in [-0.05, 0) is 41.7 Å². The van der Waals surface area contributed by atoms with Crippen molar-refractivity contribution in [1.82, 2.24) is 10.3 Å². The van der Waals surface area contributed by atoms with Crippen LogP contribution in [0.25, 0.3) is 22.5 Å². The minimum absolute atomic E-state index is 0.0442. The number of fused-ring (bicyclic) bond motifs is 1. The summed E-state index contributed by atoms with van der Waals surface area (Å²) < 4.78 is 5.63. The molecule has 2 saturated heterocycles. The fourth-order valence-electron chi connectivity index (χ4n) is 5.67. The van der Waals surface area contributed by atoms with Gasteiger partial charge < -0.3 is 19.9 Å². The molecule has 6 nitrogen and oxygen atoms in total. The van der Waals surface area contributed by atoms with Crippen LogP contribution in [0.5, 0.6) is 0 Å². The van der Waals surface area contributed by atoms with Gasteiger partial charge in [-0.3, -0.25) is 4.79 Å². The lowest BCUT2D eigenvalue weighted by Crippen LogP contribution is -2.43. The third-order valence-corrected chi connectivity index (χ3v) is 8.80. The second-order valence-electron chi connectivity index (χ2n) is 10.8. The van der Waals surface area contributed by atoms with Crippen molar-refractivity contribution in [3.05, 3.63) is 52.9 Å². The first kappa shape index (κ1) is 23.6. The third-order valence-electron chi connectivity index (χ3n) is 7.46. The van der Waals surface area contributed by atoms with Gasteiger partial charge in [-0.25, -0.2) is 4.98 Å². The highest BCUT2D eigenvalue weighted by Crippen LogP contribution is 2.49. The van der Waals surface area contributed by atoms with E-state index in [-0.39, 0.29) is 11.2 Å². The van der Waals surface area contributed by atoms with Gasteiger partial charge in [-0.1, -0.05) is 32.0 Å². The smallest absolute Gasteiger partial charge is 0.173 e. The molecule has 3 aliphatic rings. The van der Waals surface area contributed by atoms with E-state index >= 15 is 0 Å². The first-order valence-electron chi connectivity index (χ1n) is 13.0. The van der Waals surface area contributed by atoms with E-state index in [1.165, 1.54) is 16.3 Å². The lowest BCUT2D eigenvalue weighted by molar-refractivity contribution is 0.0918. The first-order chi connectivity index (χ1) is 17.5. The van der Waals surface area contributed by atoms with Gasteiger partial charge >= 0.3 is 0 Å². The number of pyridine rings is 1. The molecule has 3 aromatic rings. The van der Waals surface area contributed by atoms with Gasteiger partial charge in [0.15, 0.2) is 5.78 Å². The van der Waals surface area contributed by atoms with Crippen LogP contribution in [0.3, 0.4) is 0 Å². The second kappa shape index (κ2) is 9.61. The highest BCUT2D eigenvalue weighted by molar-refractivity contribution is 7.19. The van der Waals surface area contributed by atoms with E-state index < -0.39 is 0 Å². The fraction of sp³-hybridized carbons (Fsp3) is 0.448. The van der Waals surface area contributed by atoms with E-state index in [0.717, 1.165) is 73.1 Å². The average molecular weight is 503 g/mol. The summed E-state index contributed by atoms with van der Waals surface area (Å²) in [4.78, 5) is 24.2. The van der Waals surface area contributed by atoms with Crippen LogP contribution in [0, 0.1) is 5.41 Å². The molecule has 0 unspecified atom stereocenters. The number of rotatable bonds is 4. The van der Waals surface area contributed by atoms with E-state index in [1.807, 2.05) is 0 Å². The molecule has 1 aromatic carbocycles. The maximum absolute atomic E-state index is 13.2. The maximum atomic E-state index is 13.2. The van der Waals surface area contributed by atoms with Gasteiger partial charge in [0.2, 0.25) is 0 Å². The number of Topliss-reactive ketones (excluding diaryl/α,β-unsaturated/α-hetero) is 1. The summed E-state index contributed by atoms with van der Waals surface area (Å²) in [5, 5.41) is 4.61. The minimum Gasteiger partial charge on any atom is -0.378 e. The Morgan fingerprint density at radius 3 is 2.50 bits per heavy atom. The van der Waals surface area contributed by atoms with Crippen LogP contribution >= 0.6 is 11.3 Å². The van der Waals surface area contributed by atoms with Crippen LogP contribution in [0.4, 0.5) is 10.7 Å². The molecular weight excluding hydrogens is 468 g/mol. The Hall–Kier alpha value is -2.74. The van der Waals surface area contributed by atoms with Crippen molar-refractivity contribution in [3.63, 3.8) is 0 Å². The summed E-state index contributed by atoms with van der Waals surface area (Å²) in [5.41, 5.74) is 6.59. The number of hydrogen-bond donors (Lipinski definition) is 1. The zero-order valence-corrected chi connectivity index (χ0v) is 22.0. The number of carbonyl (C=O) groups is 1. The number of benzene rings is 1. The topological polar surface area (TPSA) is 57.7 Å². The van der Waals surface area contributed by atoms with Gasteiger partial charge in [0.05, 0.1) is 29.5 Å². The van der Waals surface area contributed by atoms with Crippen LogP contribution in [0.1, 0.15) is 35.5 Å². The Morgan fingerprint density at radius 1 is 0.944 bits per heavy atom. The minimum atomic E-state index is -0.0442. The number of ether oxygens (including phenoxy) is 1. The number of anilines is 2. The van der Waals surface area contributed by atoms with Crippen molar-refractivity contribution in [3.8, 4) is 22.5 Å². The predicted octanol–water partition coefficient (Wildman–Crippen LogP) is 4.88. The molecule has 36 heavy (non-hydrogen) atoms. The van der Waals surface area contributed by atoms with E-state index in [4.69, 9.17) is 9.72 Å². The standard InChI is InChI=1S/C29H34N4O2S/c1-29(2)18-22-26(28(33-13-15-35-16-14-33)36-27(22)25(34)19-29)24-8-4-7-23(31-24)20-5-3-6-21(17-20)32-11-9-30-10-12-32/h3-8,17,30H,9-16,18-19H2,1-2H3. The van der Waals surface area contributed by atoms with Crippen LogP contribution in [-0.2, 0) is 11.2 Å². The molecule has 188 valence electrons. The lowest BCUT2D eigenvalue weighted by Gasteiger charge is -2.30. The number of carbonyl (C=O) groups excluding carboxylic acids is 1. The fourth-order valence-corrected chi connectivity index (χ4v) is 6.99. The normalized spacial score (nSPS) is 19.9. The summed E-state index contributed by atoms with van der Waals surface area (Å²) in [6, 6.07) is 15.1. The Kier molecular flexibility index (Phi) is 6.32. The number of nitrogens with zero attached hydrogens (tertiary/aromatic N) is 3. The van der Waals surface area contributed by atoms with Crippen molar-refractivity contribution >= 4 is 27.8 Å². The molecule has 2 aliphatic heterocycles. The van der Waals surface area contributed by atoms with Gasteiger partial charge in [0.25, 0.3) is 0 Å². The number of aromatic nitrogens is 1. The van der Waals surface area contributed by atoms with Crippen molar-refractivity contribution in [1.29, 1.82) is 0 Å². The Bertz CT molecular complexity index is 1270. The van der Waals surface area contributed by atoms with E-state index in [0.29, 0.717) is 19.6 Å². The number of nitrogens with one attached hydrogen (secondary N) is 1. The van der Waals surface area contributed by atoms with Crippen molar-refractivity contribution in [2.45, 2.75) is 26.7 Å². The first-order valence-corrected chi connectivity index (χ1v) is 13.9. The van der Waals surface area contributed by atoms with Crippen LogP contribution in [0.15, 0.2) is 42.5 Å². The summed E-state index contributed by atoms with van der Waals surface area (Å²) in [6.07, 6.45) is 1.50. The summed E-state index contributed by atoms with van der Waals surface area (Å²) in [6.45, 7) is 11.6. The van der Waals surface area contributed by atoms with Crippen molar-refractivity contribution < 1.29 is 9.53 Å². The number of ketones is 1. The molecule has 0 spiro atoms. The molecule has 1 N–H and O–H groups in total. The number of hydrogen-bond acceptors (Lipinski definition) is 7. The molecule has 0 bridgehead atoms. The molecule has 0 saturated carbocycles. The zero-order valence-electron chi connectivity index (χ0n) is 21.2. The maximum Gasteiger partial charge on any atom is 0.173 e. The van der Waals surface area contributed by atoms with Gasteiger partial charge in [-0.15, -0.1) is 11.3 Å². The van der Waals surface area contributed by atoms with Crippen molar-refractivity contribution in [2.75, 3.05) is 62.3 Å². The molecule has 2 aromatic heterocycles. The molecular formula is C29H34N4O2S. The predicted molar refractivity (Wildman–Crippen MR) is 148 cm³/mol. The highest BCUT2D eigenvalue weighted by atomic mass is 32.1. The van der Waals surface area contributed by atoms with E-state index in [1.54, 1.807) is 11.3 Å². The second-order valence-corrected chi connectivity index (χ2v) is 11.8. The molecule has 6 rings (SSSR count). The van der Waals surface area contributed by atoms with Gasteiger partial charge in [0.1, 0.15) is 5.00 Å².